The van der Waals surface area contributed by atoms with Gasteiger partial charge in [0, 0.05) is 18.2 Å². The molecule has 5 heteroatoms. The second kappa shape index (κ2) is 9.61. The van der Waals surface area contributed by atoms with Gasteiger partial charge in [-0.25, -0.2) is 0 Å². The normalized spacial score (nSPS) is 10.5. The lowest BCUT2D eigenvalue weighted by Gasteiger charge is -2.11. The first-order valence-corrected chi connectivity index (χ1v) is 8.86. The van der Waals surface area contributed by atoms with Gasteiger partial charge in [-0.05, 0) is 35.7 Å². The van der Waals surface area contributed by atoms with Gasteiger partial charge in [-0.2, -0.15) is 0 Å². The Kier molecular flexibility index (Phi) is 7.21. The molecule has 2 amide bonds. The van der Waals surface area contributed by atoms with E-state index < -0.39 is 0 Å². The molecule has 5 nitrogen and oxygen atoms in total. The van der Waals surface area contributed by atoms with Crippen molar-refractivity contribution >= 4 is 17.5 Å². The van der Waals surface area contributed by atoms with Gasteiger partial charge in [0.15, 0.2) is 6.61 Å². The fourth-order valence-electron chi connectivity index (χ4n) is 2.32. The molecule has 0 heterocycles. The third-order valence-electron chi connectivity index (χ3n) is 3.95. The van der Waals surface area contributed by atoms with Gasteiger partial charge in [0.05, 0.1) is 0 Å². The highest BCUT2D eigenvalue weighted by atomic mass is 16.5. The first kappa shape index (κ1) is 19.5. The second-order valence-corrected chi connectivity index (χ2v) is 6.37. The summed E-state index contributed by atoms with van der Waals surface area (Å²) in [7, 11) is 0. The SMILES string of the molecule is CCc1ccccc1OCC(=O)NCc1ccc(NC(=O)C(C)C)cc1. The summed E-state index contributed by atoms with van der Waals surface area (Å²) in [5, 5.41) is 5.67. The Labute approximate surface area is 154 Å². The maximum Gasteiger partial charge on any atom is 0.258 e. The van der Waals surface area contributed by atoms with E-state index in [2.05, 4.69) is 17.6 Å². The second-order valence-electron chi connectivity index (χ2n) is 6.37. The van der Waals surface area contributed by atoms with Crippen molar-refractivity contribution in [3.8, 4) is 5.75 Å². The summed E-state index contributed by atoms with van der Waals surface area (Å²) in [6, 6.07) is 15.1. The number of carbonyl (C=O) groups is 2. The minimum absolute atomic E-state index is 0.0143. The van der Waals surface area contributed by atoms with Crippen LogP contribution in [0.5, 0.6) is 5.75 Å². The van der Waals surface area contributed by atoms with Crippen molar-refractivity contribution in [3.63, 3.8) is 0 Å². The van der Waals surface area contributed by atoms with E-state index >= 15 is 0 Å². The van der Waals surface area contributed by atoms with Crippen LogP contribution in [-0.4, -0.2) is 18.4 Å². The molecule has 0 atom stereocenters. The molecule has 0 unspecified atom stereocenters. The van der Waals surface area contributed by atoms with E-state index in [1.807, 2.05) is 62.4 Å². The monoisotopic (exact) mass is 354 g/mol. The molecular formula is C21H26N2O3. The zero-order valence-electron chi connectivity index (χ0n) is 15.5. The van der Waals surface area contributed by atoms with E-state index in [0.29, 0.717) is 6.54 Å². The van der Waals surface area contributed by atoms with Crippen LogP contribution >= 0.6 is 0 Å². The molecule has 0 saturated carbocycles. The van der Waals surface area contributed by atoms with Crippen LogP contribution in [0, 0.1) is 5.92 Å². The van der Waals surface area contributed by atoms with Gasteiger partial charge in [-0.3, -0.25) is 9.59 Å². The van der Waals surface area contributed by atoms with Crippen molar-refractivity contribution in [2.24, 2.45) is 5.92 Å². The minimum atomic E-state index is -0.173. The van der Waals surface area contributed by atoms with Crippen LogP contribution in [0.1, 0.15) is 31.9 Å². The number of hydrogen-bond donors (Lipinski definition) is 2. The summed E-state index contributed by atoms with van der Waals surface area (Å²) in [4.78, 5) is 23.6. The molecule has 138 valence electrons. The fraction of sp³-hybridized carbons (Fsp3) is 0.333. The van der Waals surface area contributed by atoms with Crippen molar-refractivity contribution in [3.05, 3.63) is 59.7 Å². The zero-order valence-corrected chi connectivity index (χ0v) is 15.5. The smallest absolute Gasteiger partial charge is 0.258 e. The van der Waals surface area contributed by atoms with E-state index in [0.717, 1.165) is 29.0 Å². The Balaban J connectivity index is 1.79. The van der Waals surface area contributed by atoms with Crippen LogP contribution in [0.3, 0.4) is 0 Å². The largest absolute Gasteiger partial charge is 0.483 e. The third-order valence-corrected chi connectivity index (χ3v) is 3.95. The van der Waals surface area contributed by atoms with Crippen molar-refractivity contribution < 1.29 is 14.3 Å². The number of amides is 2. The molecule has 0 aliphatic carbocycles. The highest BCUT2D eigenvalue weighted by Gasteiger charge is 2.08. The Bertz CT molecular complexity index is 739. The third kappa shape index (κ3) is 5.92. The molecule has 26 heavy (non-hydrogen) atoms. The van der Waals surface area contributed by atoms with E-state index in [4.69, 9.17) is 4.74 Å². The number of rotatable bonds is 8. The molecule has 0 aliphatic heterocycles. The standard InChI is InChI=1S/C21H26N2O3/c1-4-17-7-5-6-8-19(17)26-14-20(24)22-13-16-9-11-18(12-10-16)23-21(25)15(2)3/h5-12,15H,4,13-14H2,1-3H3,(H,22,24)(H,23,25). The fourth-order valence-corrected chi connectivity index (χ4v) is 2.32. The number of anilines is 1. The van der Waals surface area contributed by atoms with Gasteiger partial charge in [-0.1, -0.05) is 51.1 Å². The van der Waals surface area contributed by atoms with Gasteiger partial charge in [0.2, 0.25) is 5.91 Å². The Morgan fingerprint density at radius 3 is 2.38 bits per heavy atom. The van der Waals surface area contributed by atoms with E-state index in [1.165, 1.54) is 0 Å². The average molecular weight is 354 g/mol. The number of hydrogen-bond acceptors (Lipinski definition) is 3. The van der Waals surface area contributed by atoms with Gasteiger partial charge >= 0.3 is 0 Å². The summed E-state index contributed by atoms with van der Waals surface area (Å²) in [5.41, 5.74) is 2.78. The molecule has 0 fully saturated rings. The number of nitrogens with one attached hydrogen (secondary N) is 2. The Morgan fingerprint density at radius 2 is 1.73 bits per heavy atom. The minimum Gasteiger partial charge on any atom is -0.483 e. The topological polar surface area (TPSA) is 67.4 Å². The lowest BCUT2D eigenvalue weighted by Crippen LogP contribution is -2.28. The summed E-state index contributed by atoms with van der Waals surface area (Å²) in [5.74, 6) is 0.492. The Hall–Kier alpha value is -2.82. The first-order valence-electron chi connectivity index (χ1n) is 8.86. The number of carbonyl (C=O) groups excluding carboxylic acids is 2. The predicted octanol–water partition coefficient (Wildman–Crippen LogP) is 3.54. The maximum atomic E-state index is 12.0. The summed E-state index contributed by atoms with van der Waals surface area (Å²) in [6.45, 7) is 6.14. The lowest BCUT2D eigenvalue weighted by atomic mass is 10.1. The van der Waals surface area contributed by atoms with Crippen LogP contribution in [0.4, 0.5) is 5.69 Å². The molecule has 0 radical (unpaired) electrons. The van der Waals surface area contributed by atoms with E-state index in [1.54, 1.807) is 0 Å². The quantitative estimate of drug-likeness (QED) is 0.762. The van der Waals surface area contributed by atoms with Gasteiger partial charge in [0.25, 0.3) is 5.91 Å². The average Bonchev–Trinajstić information content (AvgIpc) is 2.65. The van der Waals surface area contributed by atoms with Crippen molar-refractivity contribution in [1.82, 2.24) is 5.32 Å². The number of para-hydroxylation sites is 1. The lowest BCUT2D eigenvalue weighted by molar-refractivity contribution is -0.123. The number of aryl methyl sites for hydroxylation is 1. The maximum absolute atomic E-state index is 12.0. The molecule has 0 bridgehead atoms. The van der Waals surface area contributed by atoms with E-state index in [-0.39, 0.29) is 24.3 Å². The van der Waals surface area contributed by atoms with Gasteiger partial charge < -0.3 is 15.4 Å². The van der Waals surface area contributed by atoms with Crippen LogP contribution in [0.25, 0.3) is 0 Å². The van der Waals surface area contributed by atoms with Crippen LogP contribution in [-0.2, 0) is 22.6 Å². The summed E-state index contributed by atoms with van der Waals surface area (Å²) >= 11 is 0. The molecule has 0 aromatic heterocycles. The highest BCUT2D eigenvalue weighted by molar-refractivity contribution is 5.92. The van der Waals surface area contributed by atoms with E-state index in [9.17, 15) is 9.59 Å². The van der Waals surface area contributed by atoms with Crippen LogP contribution in [0.15, 0.2) is 48.5 Å². The van der Waals surface area contributed by atoms with Gasteiger partial charge in [-0.15, -0.1) is 0 Å². The van der Waals surface area contributed by atoms with Crippen LogP contribution < -0.4 is 15.4 Å². The number of ether oxygens (including phenoxy) is 1. The van der Waals surface area contributed by atoms with Crippen molar-refractivity contribution in [1.29, 1.82) is 0 Å². The molecule has 0 saturated heterocycles. The Morgan fingerprint density at radius 1 is 1.04 bits per heavy atom. The van der Waals surface area contributed by atoms with Gasteiger partial charge in [0.1, 0.15) is 5.75 Å². The predicted molar refractivity (Wildman–Crippen MR) is 103 cm³/mol. The van der Waals surface area contributed by atoms with Crippen molar-refractivity contribution in [2.75, 3.05) is 11.9 Å². The first-order chi connectivity index (χ1) is 12.5. The molecule has 0 aliphatic rings. The molecule has 2 aromatic rings. The molecule has 2 N–H and O–H groups in total. The highest BCUT2D eigenvalue weighted by Crippen LogP contribution is 2.18. The number of benzene rings is 2. The molecule has 0 spiro atoms. The summed E-state index contributed by atoms with van der Waals surface area (Å²) in [6.07, 6.45) is 0.859. The molecule has 2 rings (SSSR count). The van der Waals surface area contributed by atoms with Crippen LogP contribution in [0.2, 0.25) is 0 Å². The zero-order chi connectivity index (χ0) is 18.9. The van der Waals surface area contributed by atoms with Crippen molar-refractivity contribution in [2.45, 2.75) is 33.7 Å². The summed E-state index contributed by atoms with van der Waals surface area (Å²) < 4.78 is 5.60. The molecule has 2 aromatic carbocycles. The molecular weight excluding hydrogens is 328 g/mol.